The average Bonchev–Trinajstić information content (AvgIpc) is 3.00. The zero-order chi connectivity index (χ0) is 15.8. The standard InChI is InChI=1S/C18H17N3O2/c22-12-9-10-21(11-12)18-13-5-1-3-7-15(13)19-17(20-18)14-6-2-4-8-16(14)23/h1-8,12,22-23H,9-11H2. The van der Waals surface area contributed by atoms with Gasteiger partial charge >= 0.3 is 0 Å². The molecule has 3 aromatic rings. The van der Waals surface area contributed by atoms with Crippen molar-refractivity contribution in [2.24, 2.45) is 0 Å². The molecule has 1 aliphatic heterocycles. The Balaban J connectivity index is 1.92. The summed E-state index contributed by atoms with van der Waals surface area (Å²) < 4.78 is 0. The molecule has 0 aliphatic carbocycles. The van der Waals surface area contributed by atoms with Gasteiger partial charge in [-0.3, -0.25) is 0 Å². The third kappa shape index (κ3) is 2.49. The number of hydrogen-bond donors (Lipinski definition) is 2. The molecule has 1 atom stereocenters. The summed E-state index contributed by atoms with van der Waals surface area (Å²) in [5, 5.41) is 20.9. The molecule has 5 nitrogen and oxygen atoms in total. The second kappa shape index (κ2) is 5.52. The number of anilines is 1. The van der Waals surface area contributed by atoms with E-state index in [4.69, 9.17) is 4.98 Å². The largest absolute Gasteiger partial charge is 0.507 e. The Morgan fingerprint density at radius 1 is 1.00 bits per heavy atom. The summed E-state index contributed by atoms with van der Waals surface area (Å²) >= 11 is 0. The van der Waals surface area contributed by atoms with Crippen molar-refractivity contribution in [1.29, 1.82) is 0 Å². The Morgan fingerprint density at radius 3 is 2.57 bits per heavy atom. The van der Waals surface area contributed by atoms with Crippen LogP contribution in [0, 0.1) is 0 Å². The predicted octanol–water partition coefficient (Wildman–Crippen LogP) is 2.57. The van der Waals surface area contributed by atoms with Gasteiger partial charge < -0.3 is 15.1 Å². The van der Waals surface area contributed by atoms with E-state index >= 15 is 0 Å². The molecule has 0 bridgehead atoms. The molecule has 1 unspecified atom stereocenters. The second-order valence-corrected chi connectivity index (χ2v) is 5.79. The molecule has 1 saturated heterocycles. The van der Waals surface area contributed by atoms with Gasteiger partial charge in [0.05, 0.1) is 17.2 Å². The van der Waals surface area contributed by atoms with Gasteiger partial charge in [0, 0.05) is 18.5 Å². The number of nitrogens with zero attached hydrogens (tertiary/aromatic N) is 3. The molecular formula is C18H17N3O2. The van der Waals surface area contributed by atoms with Crippen LogP contribution in [0.5, 0.6) is 5.75 Å². The Bertz CT molecular complexity index is 866. The van der Waals surface area contributed by atoms with Gasteiger partial charge in [0.2, 0.25) is 0 Å². The van der Waals surface area contributed by atoms with Crippen LogP contribution in [0.15, 0.2) is 48.5 Å². The highest BCUT2D eigenvalue weighted by Gasteiger charge is 2.24. The molecule has 1 fully saturated rings. The van der Waals surface area contributed by atoms with Crippen molar-refractivity contribution in [3.8, 4) is 17.1 Å². The molecule has 116 valence electrons. The maximum Gasteiger partial charge on any atom is 0.165 e. The molecule has 0 saturated carbocycles. The highest BCUT2D eigenvalue weighted by Crippen LogP contribution is 2.32. The number of hydrogen-bond acceptors (Lipinski definition) is 5. The number of aliphatic hydroxyl groups is 1. The molecule has 1 aromatic heterocycles. The minimum atomic E-state index is -0.322. The lowest BCUT2D eigenvalue weighted by Gasteiger charge is -2.19. The fourth-order valence-corrected chi connectivity index (χ4v) is 3.02. The molecule has 2 N–H and O–H groups in total. The number of para-hydroxylation sites is 2. The van der Waals surface area contributed by atoms with Crippen LogP contribution in [0.3, 0.4) is 0 Å². The number of rotatable bonds is 2. The molecule has 1 aliphatic rings. The van der Waals surface area contributed by atoms with Crippen LogP contribution in [0.4, 0.5) is 5.82 Å². The molecule has 23 heavy (non-hydrogen) atoms. The Labute approximate surface area is 133 Å². The lowest BCUT2D eigenvalue weighted by molar-refractivity contribution is 0.198. The number of β-amino-alcohol motifs (C(OH)–C–C–N with tert-alkyl or cyclic N) is 1. The zero-order valence-corrected chi connectivity index (χ0v) is 12.6. The van der Waals surface area contributed by atoms with Crippen LogP contribution in [0.2, 0.25) is 0 Å². The Hall–Kier alpha value is -2.66. The first kappa shape index (κ1) is 14.0. The summed E-state index contributed by atoms with van der Waals surface area (Å²) in [6, 6.07) is 14.9. The van der Waals surface area contributed by atoms with Crippen molar-refractivity contribution < 1.29 is 10.2 Å². The van der Waals surface area contributed by atoms with E-state index in [1.807, 2.05) is 36.4 Å². The SMILES string of the molecule is Oc1ccccc1-c1nc(N2CCC(O)C2)c2ccccc2n1. The fourth-order valence-electron chi connectivity index (χ4n) is 3.02. The van der Waals surface area contributed by atoms with Crippen LogP contribution in [-0.2, 0) is 0 Å². The number of aliphatic hydroxyl groups excluding tert-OH is 1. The van der Waals surface area contributed by atoms with Crippen LogP contribution in [-0.4, -0.2) is 39.4 Å². The number of phenols is 1. The van der Waals surface area contributed by atoms with Gasteiger partial charge in [0.1, 0.15) is 11.6 Å². The normalized spacial score (nSPS) is 17.8. The summed E-state index contributed by atoms with van der Waals surface area (Å²) in [6.07, 6.45) is 0.418. The van der Waals surface area contributed by atoms with Crippen molar-refractivity contribution in [1.82, 2.24) is 9.97 Å². The van der Waals surface area contributed by atoms with E-state index in [0.717, 1.165) is 29.7 Å². The average molecular weight is 307 g/mol. The number of fused-ring (bicyclic) bond motifs is 1. The molecule has 0 radical (unpaired) electrons. The Kier molecular flexibility index (Phi) is 3.35. The third-order valence-electron chi connectivity index (χ3n) is 4.19. The summed E-state index contributed by atoms with van der Waals surface area (Å²) in [6.45, 7) is 1.34. The molecule has 2 aromatic carbocycles. The van der Waals surface area contributed by atoms with Crippen molar-refractivity contribution in [3.63, 3.8) is 0 Å². The van der Waals surface area contributed by atoms with E-state index in [1.165, 1.54) is 0 Å². The van der Waals surface area contributed by atoms with E-state index in [2.05, 4.69) is 9.88 Å². The van der Waals surface area contributed by atoms with Gasteiger partial charge in [-0.15, -0.1) is 0 Å². The van der Waals surface area contributed by atoms with Crippen LogP contribution in [0.1, 0.15) is 6.42 Å². The van der Waals surface area contributed by atoms with Crippen molar-refractivity contribution in [2.75, 3.05) is 18.0 Å². The van der Waals surface area contributed by atoms with Gasteiger partial charge in [0.15, 0.2) is 5.82 Å². The van der Waals surface area contributed by atoms with Crippen LogP contribution < -0.4 is 4.90 Å². The summed E-state index contributed by atoms with van der Waals surface area (Å²) in [4.78, 5) is 11.4. The second-order valence-electron chi connectivity index (χ2n) is 5.79. The summed E-state index contributed by atoms with van der Waals surface area (Å²) in [5.41, 5.74) is 1.44. The minimum absolute atomic E-state index is 0.162. The summed E-state index contributed by atoms with van der Waals surface area (Å²) in [7, 11) is 0. The van der Waals surface area contributed by atoms with Gasteiger partial charge in [-0.05, 0) is 30.7 Å². The lowest BCUT2D eigenvalue weighted by atomic mass is 10.1. The van der Waals surface area contributed by atoms with Gasteiger partial charge in [-0.1, -0.05) is 24.3 Å². The molecule has 4 rings (SSSR count). The third-order valence-corrected chi connectivity index (χ3v) is 4.19. The van der Waals surface area contributed by atoms with Crippen LogP contribution in [0.25, 0.3) is 22.3 Å². The molecular weight excluding hydrogens is 290 g/mol. The van der Waals surface area contributed by atoms with E-state index in [1.54, 1.807) is 12.1 Å². The Morgan fingerprint density at radius 2 is 1.78 bits per heavy atom. The van der Waals surface area contributed by atoms with E-state index < -0.39 is 0 Å². The van der Waals surface area contributed by atoms with Gasteiger partial charge in [-0.2, -0.15) is 0 Å². The fraction of sp³-hybridized carbons (Fsp3) is 0.222. The molecule has 0 spiro atoms. The predicted molar refractivity (Wildman–Crippen MR) is 89.5 cm³/mol. The zero-order valence-electron chi connectivity index (χ0n) is 12.6. The first-order valence-corrected chi connectivity index (χ1v) is 7.70. The van der Waals surface area contributed by atoms with E-state index in [9.17, 15) is 10.2 Å². The monoisotopic (exact) mass is 307 g/mol. The van der Waals surface area contributed by atoms with Crippen LogP contribution >= 0.6 is 0 Å². The number of phenolic OH excluding ortho intramolecular Hbond substituents is 1. The molecule has 0 amide bonds. The quantitative estimate of drug-likeness (QED) is 0.761. The van der Waals surface area contributed by atoms with E-state index in [0.29, 0.717) is 17.9 Å². The first-order chi connectivity index (χ1) is 11.2. The molecule has 2 heterocycles. The highest BCUT2D eigenvalue weighted by atomic mass is 16.3. The van der Waals surface area contributed by atoms with Crippen molar-refractivity contribution >= 4 is 16.7 Å². The lowest BCUT2D eigenvalue weighted by Crippen LogP contribution is -2.23. The van der Waals surface area contributed by atoms with E-state index in [-0.39, 0.29) is 11.9 Å². The maximum absolute atomic E-state index is 10.1. The summed E-state index contributed by atoms with van der Waals surface area (Å²) in [5.74, 6) is 1.47. The van der Waals surface area contributed by atoms with Gasteiger partial charge in [0.25, 0.3) is 0 Å². The maximum atomic E-state index is 10.1. The highest BCUT2D eigenvalue weighted by molar-refractivity contribution is 5.91. The van der Waals surface area contributed by atoms with Gasteiger partial charge in [-0.25, -0.2) is 9.97 Å². The number of benzene rings is 2. The molecule has 5 heteroatoms. The first-order valence-electron chi connectivity index (χ1n) is 7.70. The minimum Gasteiger partial charge on any atom is -0.507 e. The number of aromatic hydroxyl groups is 1. The topological polar surface area (TPSA) is 69.5 Å². The van der Waals surface area contributed by atoms with Crippen molar-refractivity contribution in [2.45, 2.75) is 12.5 Å². The smallest absolute Gasteiger partial charge is 0.165 e. The van der Waals surface area contributed by atoms with Crippen molar-refractivity contribution in [3.05, 3.63) is 48.5 Å². The number of aromatic nitrogens is 2.